The minimum absolute atomic E-state index is 0.0748. The fourth-order valence-electron chi connectivity index (χ4n) is 1.31. The fraction of sp³-hybridized carbons (Fsp3) is 0.545. The Bertz CT molecular complexity index is 398. The number of aromatic nitrogens is 2. The lowest BCUT2D eigenvalue weighted by Crippen LogP contribution is -2.21. The molecule has 0 fully saturated rings. The lowest BCUT2D eigenvalue weighted by Gasteiger charge is -2.11. The van der Waals surface area contributed by atoms with Gasteiger partial charge < -0.3 is 20.5 Å². The molecule has 1 rings (SSSR count). The van der Waals surface area contributed by atoms with Crippen molar-refractivity contribution >= 4 is 11.7 Å². The predicted octanol–water partition coefficient (Wildman–Crippen LogP) is 0.0975. The molecule has 0 saturated heterocycles. The largest absolute Gasteiger partial charge is 0.478 e. The first kappa shape index (κ1) is 14.2. The maximum absolute atomic E-state index is 10.4. The van der Waals surface area contributed by atoms with Crippen LogP contribution in [0, 0.1) is 6.92 Å². The van der Waals surface area contributed by atoms with E-state index in [9.17, 15) is 4.79 Å². The molecule has 0 saturated carbocycles. The Labute approximate surface area is 106 Å². The van der Waals surface area contributed by atoms with E-state index in [1.807, 2.05) is 13.8 Å². The molecular formula is C11H18N4O3. The number of nitrogens with one attached hydrogen (secondary N) is 1. The number of hydrogen-bond donors (Lipinski definition) is 2. The molecule has 3 N–H and O–H groups in total. The Morgan fingerprint density at radius 3 is 2.94 bits per heavy atom. The summed E-state index contributed by atoms with van der Waals surface area (Å²) in [4.78, 5) is 18.6. The smallest absolute Gasteiger partial charge is 0.243 e. The van der Waals surface area contributed by atoms with Crippen LogP contribution in [0.15, 0.2) is 6.33 Å². The molecule has 0 radical (unpaired) electrons. The third-order valence-electron chi connectivity index (χ3n) is 2.10. The molecule has 0 aliphatic rings. The van der Waals surface area contributed by atoms with Gasteiger partial charge in [-0.2, -0.15) is 0 Å². The summed E-state index contributed by atoms with van der Waals surface area (Å²) >= 11 is 0. The Morgan fingerprint density at radius 2 is 2.28 bits per heavy atom. The minimum atomic E-state index is -0.480. The number of nitrogens with two attached hydrogens (primary N) is 1. The zero-order chi connectivity index (χ0) is 13.4. The molecule has 7 heteroatoms. The van der Waals surface area contributed by atoms with E-state index in [0.29, 0.717) is 31.5 Å². The number of anilines is 1. The van der Waals surface area contributed by atoms with Crippen molar-refractivity contribution in [1.29, 1.82) is 0 Å². The van der Waals surface area contributed by atoms with Gasteiger partial charge in [-0.25, -0.2) is 9.97 Å². The number of hydrogen-bond acceptors (Lipinski definition) is 6. The van der Waals surface area contributed by atoms with Crippen molar-refractivity contribution < 1.29 is 14.3 Å². The van der Waals surface area contributed by atoms with Crippen LogP contribution in [-0.2, 0) is 9.53 Å². The lowest BCUT2D eigenvalue weighted by molar-refractivity contribution is -0.122. The van der Waals surface area contributed by atoms with Crippen LogP contribution in [0.25, 0.3) is 0 Å². The van der Waals surface area contributed by atoms with Crippen molar-refractivity contribution in [3.05, 3.63) is 11.9 Å². The molecule has 0 bridgehead atoms. The quantitative estimate of drug-likeness (QED) is 0.638. The number of nitrogens with zero attached hydrogens (tertiary/aromatic N) is 2. The van der Waals surface area contributed by atoms with E-state index >= 15 is 0 Å². The number of amides is 1. The summed E-state index contributed by atoms with van der Waals surface area (Å²) < 4.78 is 10.4. The highest BCUT2D eigenvalue weighted by Crippen LogP contribution is 2.19. The van der Waals surface area contributed by atoms with Gasteiger partial charge in [0.1, 0.15) is 18.8 Å². The molecule has 0 spiro atoms. The minimum Gasteiger partial charge on any atom is -0.478 e. The molecule has 1 heterocycles. The molecule has 7 nitrogen and oxygen atoms in total. The van der Waals surface area contributed by atoms with E-state index in [1.165, 1.54) is 6.33 Å². The number of carbonyl (C=O) groups excluding carboxylic acids is 1. The van der Waals surface area contributed by atoms with Crippen LogP contribution in [0.4, 0.5) is 5.82 Å². The lowest BCUT2D eigenvalue weighted by atomic mass is 10.3. The second kappa shape index (κ2) is 7.44. The van der Waals surface area contributed by atoms with Crippen LogP contribution in [0.1, 0.15) is 12.5 Å². The van der Waals surface area contributed by atoms with Gasteiger partial charge >= 0.3 is 0 Å². The van der Waals surface area contributed by atoms with E-state index in [1.54, 1.807) is 0 Å². The molecule has 1 aromatic rings. The van der Waals surface area contributed by atoms with Gasteiger partial charge in [0.2, 0.25) is 11.8 Å². The second-order valence-electron chi connectivity index (χ2n) is 3.53. The average Bonchev–Trinajstić information content (AvgIpc) is 2.33. The van der Waals surface area contributed by atoms with Crippen molar-refractivity contribution in [2.45, 2.75) is 13.8 Å². The van der Waals surface area contributed by atoms with E-state index in [0.717, 1.165) is 5.56 Å². The van der Waals surface area contributed by atoms with Crippen molar-refractivity contribution in [2.24, 2.45) is 5.73 Å². The Hall–Kier alpha value is -1.89. The zero-order valence-electron chi connectivity index (χ0n) is 10.6. The highest BCUT2D eigenvalue weighted by molar-refractivity contribution is 5.74. The maximum atomic E-state index is 10.4. The van der Waals surface area contributed by atoms with Gasteiger partial charge in [-0.1, -0.05) is 0 Å². The normalized spacial score (nSPS) is 10.1. The van der Waals surface area contributed by atoms with Crippen molar-refractivity contribution in [3.8, 4) is 5.88 Å². The second-order valence-corrected chi connectivity index (χ2v) is 3.53. The van der Waals surface area contributed by atoms with Gasteiger partial charge in [-0.3, -0.25) is 4.79 Å². The van der Waals surface area contributed by atoms with Crippen molar-refractivity contribution in [1.82, 2.24) is 9.97 Å². The molecule has 18 heavy (non-hydrogen) atoms. The topological polar surface area (TPSA) is 99.4 Å². The summed E-state index contributed by atoms with van der Waals surface area (Å²) in [6, 6.07) is 0. The molecule has 1 amide bonds. The van der Waals surface area contributed by atoms with E-state index < -0.39 is 5.91 Å². The molecule has 0 aromatic carbocycles. The monoisotopic (exact) mass is 254 g/mol. The molecule has 0 aliphatic heterocycles. The Morgan fingerprint density at radius 1 is 1.50 bits per heavy atom. The predicted molar refractivity (Wildman–Crippen MR) is 66.4 cm³/mol. The van der Waals surface area contributed by atoms with E-state index in [-0.39, 0.29) is 6.61 Å². The summed E-state index contributed by atoms with van der Waals surface area (Å²) in [6.45, 7) is 5.14. The van der Waals surface area contributed by atoms with Gasteiger partial charge in [-0.15, -0.1) is 0 Å². The molecule has 0 unspecified atom stereocenters. The number of rotatable bonds is 8. The first-order valence-electron chi connectivity index (χ1n) is 5.69. The number of carbonyl (C=O) groups is 1. The molecule has 1 aromatic heterocycles. The van der Waals surface area contributed by atoms with Gasteiger partial charge in [0.25, 0.3) is 0 Å². The van der Waals surface area contributed by atoms with Crippen LogP contribution in [0.5, 0.6) is 5.88 Å². The third kappa shape index (κ3) is 4.54. The Balaban J connectivity index is 2.42. The van der Waals surface area contributed by atoms with E-state index in [4.69, 9.17) is 15.2 Å². The van der Waals surface area contributed by atoms with Gasteiger partial charge in [0.05, 0.1) is 18.8 Å². The molecule has 0 aliphatic carbocycles. The van der Waals surface area contributed by atoms with Crippen molar-refractivity contribution in [3.63, 3.8) is 0 Å². The van der Waals surface area contributed by atoms with Crippen LogP contribution in [0.2, 0.25) is 0 Å². The van der Waals surface area contributed by atoms with Gasteiger partial charge in [-0.05, 0) is 13.8 Å². The SMILES string of the molecule is CCOc1ncnc(NCCOCC(N)=O)c1C. The van der Waals surface area contributed by atoms with Gasteiger partial charge in [0, 0.05) is 6.54 Å². The summed E-state index contributed by atoms with van der Waals surface area (Å²) in [5.41, 5.74) is 5.78. The molecular weight excluding hydrogens is 236 g/mol. The number of ether oxygens (including phenoxy) is 2. The highest BCUT2D eigenvalue weighted by atomic mass is 16.5. The highest BCUT2D eigenvalue weighted by Gasteiger charge is 2.06. The van der Waals surface area contributed by atoms with E-state index in [2.05, 4.69) is 15.3 Å². The van der Waals surface area contributed by atoms with Crippen LogP contribution in [0.3, 0.4) is 0 Å². The number of primary amides is 1. The van der Waals surface area contributed by atoms with Crippen LogP contribution in [-0.4, -0.2) is 42.2 Å². The Kier molecular flexibility index (Phi) is 5.86. The summed E-state index contributed by atoms with van der Waals surface area (Å²) in [5.74, 6) is 0.774. The zero-order valence-corrected chi connectivity index (χ0v) is 10.6. The fourth-order valence-corrected chi connectivity index (χ4v) is 1.31. The van der Waals surface area contributed by atoms with Gasteiger partial charge in [0.15, 0.2) is 0 Å². The first-order valence-corrected chi connectivity index (χ1v) is 5.69. The van der Waals surface area contributed by atoms with Crippen LogP contribution >= 0.6 is 0 Å². The first-order chi connectivity index (χ1) is 8.65. The summed E-state index contributed by atoms with van der Waals surface area (Å²) in [5, 5.41) is 3.08. The average molecular weight is 254 g/mol. The van der Waals surface area contributed by atoms with Crippen molar-refractivity contribution in [2.75, 3.05) is 31.7 Å². The molecule has 100 valence electrons. The summed E-state index contributed by atoms with van der Waals surface area (Å²) in [7, 11) is 0. The molecule has 0 atom stereocenters. The standard InChI is InChI=1S/C11H18N4O3/c1-3-18-11-8(2)10(14-7-15-11)13-4-5-17-6-9(12)16/h7H,3-6H2,1-2H3,(H2,12,16)(H,13,14,15). The maximum Gasteiger partial charge on any atom is 0.243 e. The van der Waals surface area contributed by atoms with Crippen LogP contribution < -0.4 is 15.8 Å². The third-order valence-corrected chi connectivity index (χ3v) is 2.10. The summed E-state index contributed by atoms with van der Waals surface area (Å²) in [6.07, 6.45) is 1.44.